The highest BCUT2D eigenvalue weighted by Gasteiger charge is 2.13. The highest BCUT2D eigenvalue weighted by molar-refractivity contribution is 5.97. The zero-order valence-electron chi connectivity index (χ0n) is 15.4. The van der Waals surface area contributed by atoms with E-state index in [-0.39, 0.29) is 6.04 Å². The molecule has 0 radical (unpaired) electrons. The van der Waals surface area contributed by atoms with Crippen molar-refractivity contribution in [3.63, 3.8) is 0 Å². The molecule has 0 spiro atoms. The third-order valence-electron chi connectivity index (χ3n) is 4.49. The monoisotopic (exact) mass is 374 g/mol. The van der Waals surface area contributed by atoms with Gasteiger partial charge in [-0.05, 0) is 42.8 Å². The predicted molar refractivity (Wildman–Crippen MR) is 104 cm³/mol. The molecule has 28 heavy (non-hydrogen) atoms. The minimum atomic E-state index is -0.395. The summed E-state index contributed by atoms with van der Waals surface area (Å²) in [5.74, 6) is 0.261. The van der Waals surface area contributed by atoms with Gasteiger partial charge >= 0.3 is 5.97 Å². The second kappa shape index (κ2) is 7.43. The maximum atomic E-state index is 11.8. The topological polar surface area (TPSA) is 94.8 Å². The zero-order valence-corrected chi connectivity index (χ0v) is 15.4. The van der Waals surface area contributed by atoms with Crippen LogP contribution in [-0.2, 0) is 4.74 Å². The fourth-order valence-electron chi connectivity index (χ4n) is 2.96. The van der Waals surface area contributed by atoms with Crippen LogP contribution in [0.15, 0.2) is 61.4 Å². The molecule has 4 aromatic rings. The standard InChI is InChI=1S/C20H18N6O2/c1-13(14-3-6-16(7-4-14)26-12-21-10-24-26)25-19-17-9-15(20(27)28-2)5-8-18(17)22-11-23-19/h3-13H,1-2H3,(H,22,23,25). The number of carbonyl (C=O) groups is 1. The molecule has 0 saturated carbocycles. The molecule has 1 unspecified atom stereocenters. The fourth-order valence-corrected chi connectivity index (χ4v) is 2.96. The van der Waals surface area contributed by atoms with Crippen LogP contribution in [0.1, 0.15) is 28.9 Å². The van der Waals surface area contributed by atoms with E-state index in [1.54, 1.807) is 29.2 Å². The number of anilines is 1. The van der Waals surface area contributed by atoms with E-state index in [1.165, 1.54) is 19.8 Å². The number of nitrogens with zero attached hydrogens (tertiary/aromatic N) is 5. The van der Waals surface area contributed by atoms with Crippen LogP contribution in [0.4, 0.5) is 5.82 Å². The van der Waals surface area contributed by atoms with Crippen molar-refractivity contribution in [3.8, 4) is 5.69 Å². The first kappa shape index (κ1) is 17.6. The van der Waals surface area contributed by atoms with Crippen molar-refractivity contribution in [2.45, 2.75) is 13.0 Å². The van der Waals surface area contributed by atoms with Gasteiger partial charge in [-0.3, -0.25) is 0 Å². The summed E-state index contributed by atoms with van der Waals surface area (Å²) in [5.41, 5.74) is 3.22. The van der Waals surface area contributed by atoms with Gasteiger partial charge in [0.1, 0.15) is 24.8 Å². The van der Waals surface area contributed by atoms with Crippen LogP contribution in [0.2, 0.25) is 0 Å². The first-order chi connectivity index (χ1) is 13.7. The summed E-state index contributed by atoms with van der Waals surface area (Å²) in [5, 5.41) is 8.29. The van der Waals surface area contributed by atoms with Crippen molar-refractivity contribution < 1.29 is 9.53 Å². The van der Waals surface area contributed by atoms with Gasteiger partial charge in [0.25, 0.3) is 0 Å². The van der Waals surface area contributed by atoms with Gasteiger partial charge in [-0.2, -0.15) is 5.10 Å². The molecule has 0 bridgehead atoms. The Labute approximate surface area is 161 Å². The van der Waals surface area contributed by atoms with Gasteiger partial charge in [-0.25, -0.2) is 24.4 Å². The summed E-state index contributed by atoms with van der Waals surface area (Å²) in [7, 11) is 1.36. The summed E-state index contributed by atoms with van der Waals surface area (Å²) < 4.78 is 6.51. The number of hydrogen-bond acceptors (Lipinski definition) is 7. The molecule has 0 aliphatic heterocycles. The van der Waals surface area contributed by atoms with Gasteiger partial charge < -0.3 is 10.1 Å². The van der Waals surface area contributed by atoms with Crippen molar-refractivity contribution in [2.75, 3.05) is 12.4 Å². The molecule has 2 aromatic heterocycles. The SMILES string of the molecule is COC(=O)c1ccc2ncnc(NC(C)c3ccc(-n4cncn4)cc3)c2c1. The molecule has 1 atom stereocenters. The molecule has 0 aliphatic rings. The number of carbonyl (C=O) groups excluding carboxylic acids is 1. The van der Waals surface area contributed by atoms with Gasteiger partial charge in [-0.15, -0.1) is 0 Å². The van der Waals surface area contributed by atoms with Crippen LogP contribution in [0, 0.1) is 0 Å². The Balaban J connectivity index is 1.61. The number of methoxy groups -OCH3 is 1. The lowest BCUT2D eigenvalue weighted by Crippen LogP contribution is -2.09. The Morgan fingerprint density at radius 1 is 1.11 bits per heavy atom. The summed E-state index contributed by atoms with van der Waals surface area (Å²) in [6.45, 7) is 2.04. The Hall–Kier alpha value is -3.81. The van der Waals surface area contributed by atoms with Gasteiger partial charge in [0.15, 0.2) is 0 Å². The molecule has 2 aromatic carbocycles. The smallest absolute Gasteiger partial charge is 0.337 e. The van der Waals surface area contributed by atoms with E-state index in [4.69, 9.17) is 4.74 Å². The summed E-state index contributed by atoms with van der Waals surface area (Å²) in [4.78, 5) is 24.4. The van der Waals surface area contributed by atoms with E-state index in [2.05, 4.69) is 25.4 Å². The van der Waals surface area contributed by atoms with E-state index in [1.807, 2.05) is 31.2 Å². The van der Waals surface area contributed by atoms with Gasteiger partial charge in [0.2, 0.25) is 0 Å². The number of benzene rings is 2. The molecule has 0 saturated heterocycles. The maximum absolute atomic E-state index is 11.8. The number of fused-ring (bicyclic) bond motifs is 1. The van der Waals surface area contributed by atoms with Crippen LogP contribution in [-0.4, -0.2) is 37.8 Å². The van der Waals surface area contributed by atoms with Crippen LogP contribution in [0.25, 0.3) is 16.6 Å². The molecule has 0 aliphatic carbocycles. The number of aromatic nitrogens is 5. The molecular weight excluding hydrogens is 356 g/mol. The lowest BCUT2D eigenvalue weighted by Gasteiger charge is -2.17. The average Bonchev–Trinajstić information content (AvgIpc) is 3.28. The van der Waals surface area contributed by atoms with Gasteiger partial charge in [-0.1, -0.05) is 12.1 Å². The zero-order chi connectivity index (χ0) is 19.5. The van der Waals surface area contributed by atoms with Crippen molar-refractivity contribution >= 4 is 22.7 Å². The molecule has 8 nitrogen and oxygen atoms in total. The highest BCUT2D eigenvalue weighted by atomic mass is 16.5. The highest BCUT2D eigenvalue weighted by Crippen LogP contribution is 2.25. The van der Waals surface area contributed by atoms with Crippen LogP contribution in [0.5, 0.6) is 0 Å². The molecule has 0 fully saturated rings. The van der Waals surface area contributed by atoms with Crippen LogP contribution < -0.4 is 5.32 Å². The Morgan fingerprint density at radius 2 is 1.93 bits per heavy atom. The fraction of sp³-hybridized carbons (Fsp3) is 0.150. The normalized spacial score (nSPS) is 11.9. The van der Waals surface area contributed by atoms with E-state index in [0.29, 0.717) is 11.4 Å². The van der Waals surface area contributed by atoms with Crippen molar-refractivity contribution in [1.29, 1.82) is 0 Å². The lowest BCUT2D eigenvalue weighted by atomic mass is 10.1. The summed E-state index contributed by atoms with van der Waals surface area (Å²) in [6, 6.07) is 13.2. The molecule has 4 rings (SSSR count). The second-order valence-corrected chi connectivity index (χ2v) is 6.24. The first-order valence-corrected chi connectivity index (χ1v) is 8.70. The minimum Gasteiger partial charge on any atom is -0.465 e. The number of ether oxygens (including phenoxy) is 1. The summed E-state index contributed by atoms with van der Waals surface area (Å²) in [6.07, 6.45) is 4.66. The van der Waals surface area contributed by atoms with E-state index >= 15 is 0 Å². The lowest BCUT2D eigenvalue weighted by molar-refractivity contribution is 0.0601. The molecule has 0 amide bonds. The van der Waals surface area contributed by atoms with Crippen molar-refractivity contribution in [2.24, 2.45) is 0 Å². The van der Waals surface area contributed by atoms with E-state index in [9.17, 15) is 4.79 Å². The van der Waals surface area contributed by atoms with Crippen molar-refractivity contribution in [1.82, 2.24) is 24.7 Å². The predicted octanol–water partition coefficient (Wildman–Crippen LogP) is 3.17. The Morgan fingerprint density at radius 3 is 2.64 bits per heavy atom. The molecular formula is C20H18N6O2. The van der Waals surface area contributed by atoms with Crippen molar-refractivity contribution in [3.05, 3.63) is 72.6 Å². The maximum Gasteiger partial charge on any atom is 0.337 e. The minimum absolute atomic E-state index is 0.00956. The van der Waals surface area contributed by atoms with Gasteiger partial charge in [0, 0.05) is 11.4 Å². The Kier molecular flexibility index (Phi) is 4.67. The molecule has 8 heteroatoms. The molecule has 140 valence electrons. The Bertz CT molecular complexity index is 1110. The van der Waals surface area contributed by atoms with E-state index < -0.39 is 5.97 Å². The van der Waals surface area contributed by atoms with Crippen LogP contribution in [0.3, 0.4) is 0 Å². The molecule has 1 N–H and O–H groups in total. The first-order valence-electron chi connectivity index (χ1n) is 8.70. The number of nitrogens with one attached hydrogen (secondary N) is 1. The third-order valence-corrected chi connectivity index (χ3v) is 4.49. The van der Waals surface area contributed by atoms with Crippen LogP contribution >= 0.6 is 0 Å². The third kappa shape index (κ3) is 3.39. The summed E-state index contributed by atoms with van der Waals surface area (Å²) >= 11 is 0. The number of esters is 1. The van der Waals surface area contributed by atoms with Gasteiger partial charge in [0.05, 0.1) is 23.9 Å². The van der Waals surface area contributed by atoms with E-state index in [0.717, 1.165) is 22.2 Å². The quantitative estimate of drug-likeness (QED) is 0.536. The number of rotatable bonds is 5. The average molecular weight is 374 g/mol. The second-order valence-electron chi connectivity index (χ2n) is 6.24. The molecule has 2 heterocycles. The largest absolute Gasteiger partial charge is 0.465 e. The number of hydrogen-bond donors (Lipinski definition) is 1.